The number of rotatable bonds is 7. The van der Waals surface area contributed by atoms with Gasteiger partial charge < -0.3 is 14.7 Å². The molecule has 3 heterocycles. The molecule has 0 atom stereocenters. The lowest BCUT2D eigenvalue weighted by Crippen LogP contribution is -2.47. The summed E-state index contributed by atoms with van der Waals surface area (Å²) in [6.07, 6.45) is 7.47. The summed E-state index contributed by atoms with van der Waals surface area (Å²) >= 11 is 0. The van der Waals surface area contributed by atoms with Gasteiger partial charge in [-0.15, -0.1) is 5.10 Å². The zero-order valence-electron chi connectivity index (χ0n) is 15.0. The minimum atomic E-state index is 0.732. The normalized spacial score (nSPS) is 14.6. The van der Waals surface area contributed by atoms with Gasteiger partial charge in [0.2, 0.25) is 11.9 Å². The molecule has 8 nitrogen and oxygen atoms in total. The molecule has 25 heavy (non-hydrogen) atoms. The third-order valence-corrected chi connectivity index (χ3v) is 4.24. The van der Waals surface area contributed by atoms with Gasteiger partial charge in [-0.05, 0) is 18.9 Å². The second-order valence-corrected chi connectivity index (χ2v) is 6.12. The first-order chi connectivity index (χ1) is 12.3. The second kappa shape index (κ2) is 8.55. The van der Waals surface area contributed by atoms with Crippen molar-refractivity contribution in [2.24, 2.45) is 0 Å². The molecule has 0 radical (unpaired) electrons. The van der Waals surface area contributed by atoms with Crippen LogP contribution in [0.25, 0.3) is 0 Å². The van der Waals surface area contributed by atoms with Gasteiger partial charge in [-0.3, -0.25) is 0 Å². The predicted octanol–water partition coefficient (Wildman–Crippen LogP) is 1.61. The Balaban J connectivity index is 1.66. The highest BCUT2D eigenvalue weighted by atomic mass is 15.4. The first-order valence-corrected chi connectivity index (χ1v) is 9.03. The average molecular weight is 342 g/mol. The summed E-state index contributed by atoms with van der Waals surface area (Å²) in [5.41, 5.74) is 0. The zero-order chi connectivity index (χ0) is 17.5. The molecule has 0 N–H and O–H groups in total. The number of anilines is 3. The maximum Gasteiger partial charge on any atom is 0.247 e. The van der Waals surface area contributed by atoms with Crippen molar-refractivity contribution in [1.29, 1.82) is 0 Å². The van der Waals surface area contributed by atoms with Crippen molar-refractivity contribution in [2.45, 2.75) is 26.7 Å². The Labute approximate surface area is 148 Å². The molecule has 134 valence electrons. The lowest BCUT2D eigenvalue weighted by molar-refractivity contribution is 0.629. The Morgan fingerprint density at radius 3 is 2.24 bits per heavy atom. The quantitative estimate of drug-likeness (QED) is 0.751. The molecular formula is C17H26N8. The van der Waals surface area contributed by atoms with E-state index in [4.69, 9.17) is 4.98 Å². The van der Waals surface area contributed by atoms with Gasteiger partial charge in [-0.1, -0.05) is 13.8 Å². The Morgan fingerprint density at radius 1 is 0.960 bits per heavy atom. The van der Waals surface area contributed by atoms with Gasteiger partial charge >= 0.3 is 0 Å². The van der Waals surface area contributed by atoms with Crippen LogP contribution in [0.3, 0.4) is 0 Å². The smallest absolute Gasteiger partial charge is 0.247 e. The maximum absolute atomic E-state index is 4.76. The van der Waals surface area contributed by atoms with Crippen LogP contribution in [0, 0.1) is 0 Å². The summed E-state index contributed by atoms with van der Waals surface area (Å²) in [5, 5.41) is 8.43. The largest absolute Gasteiger partial charge is 0.352 e. The average Bonchev–Trinajstić information content (AvgIpc) is 2.69. The molecule has 3 rings (SSSR count). The van der Waals surface area contributed by atoms with Gasteiger partial charge in [-0.25, -0.2) is 9.97 Å². The molecule has 2 aromatic heterocycles. The van der Waals surface area contributed by atoms with Crippen molar-refractivity contribution < 1.29 is 0 Å². The van der Waals surface area contributed by atoms with E-state index in [9.17, 15) is 0 Å². The Kier molecular flexibility index (Phi) is 5.92. The number of hydrogen-bond donors (Lipinski definition) is 0. The first-order valence-electron chi connectivity index (χ1n) is 9.03. The van der Waals surface area contributed by atoms with Crippen LogP contribution in [0.2, 0.25) is 0 Å². The van der Waals surface area contributed by atoms with E-state index in [1.54, 1.807) is 18.6 Å². The van der Waals surface area contributed by atoms with Crippen LogP contribution >= 0.6 is 0 Å². The molecule has 1 aliphatic rings. The third kappa shape index (κ3) is 4.32. The molecule has 1 saturated heterocycles. The summed E-state index contributed by atoms with van der Waals surface area (Å²) in [6.45, 7) is 9.75. The van der Waals surface area contributed by atoms with Gasteiger partial charge in [0.1, 0.15) is 0 Å². The molecule has 1 aliphatic heterocycles. The topological polar surface area (TPSA) is 74.2 Å². The van der Waals surface area contributed by atoms with Crippen LogP contribution in [0.4, 0.5) is 17.7 Å². The van der Waals surface area contributed by atoms with E-state index in [1.165, 1.54) is 0 Å². The zero-order valence-corrected chi connectivity index (χ0v) is 15.0. The summed E-state index contributed by atoms with van der Waals surface area (Å²) in [5.74, 6) is 2.42. The number of piperazine rings is 1. The second-order valence-electron chi connectivity index (χ2n) is 6.12. The molecule has 8 heteroatoms. The summed E-state index contributed by atoms with van der Waals surface area (Å²) in [6, 6.07) is 1.84. The van der Waals surface area contributed by atoms with E-state index in [0.29, 0.717) is 0 Å². The highest BCUT2D eigenvalue weighted by Gasteiger charge is 2.21. The van der Waals surface area contributed by atoms with Crippen LogP contribution in [-0.4, -0.2) is 64.4 Å². The van der Waals surface area contributed by atoms with E-state index in [0.717, 1.165) is 69.8 Å². The van der Waals surface area contributed by atoms with Crippen molar-refractivity contribution in [1.82, 2.24) is 25.1 Å². The fraction of sp³-hybridized carbons (Fsp3) is 0.588. The number of hydrogen-bond acceptors (Lipinski definition) is 8. The SMILES string of the molecule is CCCN(CCC)c1nncc(N2CCN(c3ncccn3)CC2)n1. The molecular weight excluding hydrogens is 316 g/mol. The van der Waals surface area contributed by atoms with Gasteiger partial charge in [0, 0.05) is 51.7 Å². The Hall–Kier alpha value is -2.51. The third-order valence-electron chi connectivity index (χ3n) is 4.24. The van der Waals surface area contributed by atoms with Crippen molar-refractivity contribution >= 4 is 17.7 Å². The minimum absolute atomic E-state index is 0.732. The predicted molar refractivity (Wildman–Crippen MR) is 99.1 cm³/mol. The van der Waals surface area contributed by atoms with Gasteiger partial charge in [0.25, 0.3) is 0 Å². The van der Waals surface area contributed by atoms with Crippen molar-refractivity contribution in [3.8, 4) is 0 Å². The molecule has 0 aliphatic carbocycles. The Morgan fingerprint density at radius 2 is 1.60 bits per heavy atom. The van der Waals surface area contributed by atoms with Crippen LogP contribution in [0.15, 0.2) is 24.7 Å². The first kappa shape index (κ1) is 17.3. The molecule has 0 aromatic carbocycles. The minimum Gasteiger partial charge on any atom is -0.352 e. The summed E-state index contributed by atoms with van der Waals surface area (Å²) in [7, 11) is 0. The van der Waals surface area contributed by atoms with Crippen LogP contribution in [-0.2, 0) is 0 Å². The highest BCUT2D eigenvalue weighted by molar-refractivity contribution is 5.44. The van der Waals surface area contributed by atoms with E-state index in [2.05, 4.69) is 48.7 Å². The monoisotopic (exact) mass is 342 g/mol. The maximum atomic E-state index is 4.76. The van der Waals surface area contributed by atoms with Crippen molar-refractivity contribution in [3.05, 3.63) is 24.7 Å². The van der Waals surface area contributed by atoms with E-state index in [1.807, 2.05) is 6.07 Å². The summed E-state index contributed by atoms with van der Waals surface area (Å²) in [4.78, 5) is 20.1. The van der Waals surface area contributed by atoms with E-state index in [-0.39, 0.29) is 0 Å². The molecule has 2 aromatic rings. The molecule has 0 spiro atoms. The fourth-order valence-corrected chi connectivity index (χ4v) is 3.01. The van der Waals surface area contributed by atoms with Gasteiger partial charge in [0.15, 0.2) is 5.82 Å². The van der Waals surface area contributed by atoms with Gasteiger partial charge in [-0.2, -0.15) is 10.1 Å². The Bertz CT molecular complexity index is 636. The molecule has 0 unspecified atom stereocenters. The molecule has 0 bridgehead atoms. The standard InChI is InChI=1S/C17H26N8/c1-3-8-24(9-4-2)17-21-15(14-20-22-17)23-10-12-25(13-11-23)16-18-6-5-7-19-16/h5-7,14H,3-4,8-13H2,1-2H3. The van der Waals surface area contributed by atoms with Gasteiger partial charge in [0.05, 0.1) is 6.20 Å². The molecule has 0 amide bonds. The number of nitrogens with zero attached hydrogens (tertiary/aromatic N) is 8. The summed E-state index contributed by atoms with van der Waals surface area (Å²) < 4.78 is 0. The van der Waals surface area contributed by atoms with Crippen LogP contribution in [0.1, 0.15) is 26.7 Å². The lowest BCUT2D eigenvalue weighted by atomic mass is 10.3. The van der Waals surface area contributed by atoms with Crippen molar-refractivity contribution in [3.63, 3.8) is 0 Å². The molecule has 0 saturated carbocycles. The highest BCUT2D eigenvalue weighted by Crippen LogP contribution is 2.17. The van der Waals surface area contributed by atoms with E-state index >= 15 is 0 Å². The van der Waals surface area contributed by atoms with E-state index < -0.39 is 0 Å². The lowest BCUT2D eigenvalue weighted by Gasteiger charge is -2.35. The fourth-order valence-electron chi connectivity index (χ4n) is 3.01. The molecule has 1 fully saturated rings. The van der Waals surface area contributed by atoms with Crippen LogP contribution in [0.5, 0.6) is 0 Å². The van der Waals surface area contributed by atoms with Crippen molar-refractivity contribution in [2.75, 3.05) is 54.0 Å². The van der Waals surface area contributed by atoms with Crippen LogP contribution < -0.4 is 14.7 Å². The number of aromatic nitrogens is 5.